The molecule has 0 unspecified atom stereocenters. The summed E-state index contributed by atoms with van der Waals surface area (Å²) in [5.41, 5.74) is 1.70. The summed E-state index contributed by atoms with van der Waals surface area (Å²) in [7, 11) is 1.41. The zero-order valence-corrected chi connectivity index (χ0v) is 12.3. The summed E-state index contributed by atoms with van der Waals surface area (Å²) in [6.07, 6.45) is 1.88. The normalized spacial score (nSPS) is 11.4. The van der Waals surface area contributed by atoms with Gasteiger partial charge in [0, 0.05) is 15.8 Å². The third-order valence-corrected chi connectivity index (χ3v) is 3.57. The van der Waals surface area contributed by atoms with Crippen LogP contribution >= 0.6 is 27.7 Å². The molecule has 0 atom stereocenters. The van der Waals surface area contributed by atoms with Gasteiger partial charge in [-0.2, -0.15) is 11.8 Å². The van der Waals surface area contributed by atoms with Crippen LogP contribution < -0.4 is 0 Å². The maximum atomic E-state index is 11.6. The lowest BCUT2D eigenvalue weighted by Crippen LogP contribution is -2.07. The lowest BCUT2D eigenvalue weighted by atomic mass is 10.1. The molecule has 0 spiro atoms. The first-order valence-corrected chi connectivity index (χ1v) is 7.24. The minimum absolute atomic E-state index is 0.256. The Morgan fingerprint density at radius 3 is 2.59 bits per heavy atom. The fourth-order valence-electron chi connectivity index (χ4n) is 1.26. The van der Waals surface area contributed by atoms with Crippen LogP contribution in [0.1, 0.15) is 12.5 Å². The lowest BCUT2D eigenvalue weighted by molar-refractivity contribution is -0.135. The number of carbonyl (C=O) groups excluding carboxylic acids is 1. The summed E-state index contributed by atoms with van der Waals surface area (Å²) in [6, 6.07) is 7.83. The van der Waals surface area contributed by atoms with Crippen LogP contribution in [0.2, 0.25) is 0 Å². The van der Waals surface area contributed by atoms with Crippen LogP contribution in [0.15, 0.2) is 34.3 Å². The molecule has 0 saturated carbocycles. The van der Waals surface area contributed by atoms with E-state index >= 15 is 0 Å². The van der Waals surface area contributed by atoms with Crippen LogP contribution in [0.5, 0.6) is 0 Å². The topological polar surface area (TPSA) is 26.3 Å². The molecule has 17 heavy (non-hydrogen) atoms. The molecule has 0 aromatic heterocycles. The van der Waals surface area contributed by atoms with Gasteiger partial charge in [-0.15, -0.1) is 0 Å². The van der Waals surface area contributed by atoms with Crippen LogP contribution in [-0.4, -0.2) is 24.6 Å². The van der Waals surface area contributed by atoms with Gasteiger partial charge in [-0.1, -0.05) is 35.0 Å². The SMILES string of the molecule is CCSC/C(=C/c1ccc(Br)cc1)C(=O)OC. The van der Waals surface area contributed by atoms with E-state index in [-0.39, 0.29) is 5.97 Å². The van der Waals surface area contributed by atoms with E-state index in [1.54, 1.807) is 11.8 Å². The summed E-state index contributed by atoms with van der Waals surface area (Å²) in [5, 5.41) is 0. The first-order valence-electron chi connectivity index (χ1n) is 5.29. The smallest absolute Gasteiger partial charge is 0.334 e. The lowest BCUT2D eigenvalue weighted by Gasteiger charge is -2.04. The summed E-state index contributed by atoms with van der Waals surface area (Å²) in [5.74, 6) is 1.40. The first kappa shape index (κ1) is 14.3. The second kappa shape index (κ2) is 7.56. The molecule has 0 bridgehead atoms. The van der Waals surface area contributed by atoms with Gasteiger partial charge in [0.2, 0.25) is 0 Å². The van der Waals surface area contributed by atoms with Gasteiger partial charge in [0.25, 0.3) is 0 Å². The minimum atomic E-state index is -0.256. The Bertz CT molecular complexity index is 398. The molecule has 2 nitrogen and oxygen atoms in total. The number of ether oxygens (including phenoxy) is 1. The molecule has 1 aromatic carbocycles. The van der Waals surface area contributed by atoms with E-state index in [0.717, 1.165) is 15.8 Å². The summed E-state index contributed by atoms with van der Waals surface area (Å²) >= 11 is 5.08. The number of hydrogen-bond donors (Lipinski definition) is 0. The Hall–Kier alpha value is -0.740. The van der Waals surface area contributed by atoms with E-state index in [9.17, 15) is 4.79 Å². The maximum absolute atomic E-state index is 11.6. The van der Waals surface area contributed by atoms with Crippen LogP contribution in [0, 0.1) is 0 Å². The van der Waals surface area contributed by atoms with E-state index in [2.05, 4.69) is 22.9 Å². The van der Waals surface area contributed by atoms with Gasteiger partial charge >= 0.3 is 5.97 Å². The Balaban J connectivity index is 2.87. The van der Waals surface area contributed by atoms with Crippen LogP contribution in [0.3, 0.4) is 0 Å². The molecule has 0 amide bonds. The summed E-state index contributed by atoms with van der Waals surface area (Å²) in [6.45, 7) is 2.07. The number of rotatable bonds is 5. The second-order valence-electron chi connectivity index (χ2n) is 3.35. The van der Waals surface area contributed by atoms with Crippen molar-refractivity contribution < 1.29 is 9.53 Å². The van der Waals surface area contributed by atoms with Crippen LogP contribution in [-0.2, 0) is 9.53 Å². The minimum Gasteiger partial charge on any atom is -0.466 e. The average Bonchev–Trinajstić information content (AvgIpc) is 2.36. The number of esters is 1. The number of methoxy groups -OCH3 is 1. The van der Waals surface area contributed by atoms with Gasteiger partial charge in [0.1, 0.15) is 0 Å². The average molecular weight is 315 g/mol. The van der Waals surface area contributed by atoms with Crippen molar-refractivity contribution in [2.75, 3.05) is 18.6 Å². The third kappa shape index (κ3) is 4.96. The predicted octanol–water partition coefficient (Wildman–Crippen LogP) is 3.76. The van der Waals surface area contributed by atoms with Crippen molar-refractivity contribution >= 4 is 39.7 Å². The van der Waals surface area contributed by atoms with Gasteiger partial charge in [-0.25, -0.2) is 4.79 Å². The van der Waals surface area contributed by atoms with Gasteiger partial charge in [-0.3, -0.25) is 0 Å². The van der Waals surface area contributed by atoms with Crippen LogP contribution in [0.4, 0.5) is 0 Å². The molecule has 0 N–H and O–H groups in total. The van der Waals surface area contributed by atoms with Crippen molar-refractivity contribution in [3.05, 3.63) is 39.9 Å². The van der Waals surface area contributed by atoms with Gasteiger partial charge in [0.15, 0.2) is 0 Å². The second-order valence-corrected chi connectivity index (χ2v) is 5.54. The Kier molecular flexibility index (Phi) is 6.37. The fourth-order valence-corrected chi connectivity index (χ4v) is 2.15. The molecule has 0 saturated heterocycles. The highest BCUT2D eigenvalue weighted by atomic mass is 79.9. The highest BCUT2D eigenvalue weighted by Gasteiger charge is 2.09. The van der Waals surface area contributed by atoms with Gasteiger partial charge in [0.05, 0.1) is 7.11 Å². The molecule has 1 aromatic rings. The van der Waals surface area contributed by atoms with E-state index in [1.807, 2.05) is 30.3 Å². The molecule has 0 radical (unpaired) electrons. The Morgan fingerprint density at radius 2 is 2.06 bits per heavy atom. The standard InChI is InChI=1S/C13H15BrO2S/c1-3-17-9-11(13(15)16-2)8-10-4-6-12(14)7-5-10/h4-8H,3,9H2,1-2H3/b11-8-. The van der Waals surface area contributed by atoms with Crippen molar-refractivity contribution in [3.63, 3.8) is 0 Å². The number of thioether (sulfide) groups is 1. The number of hydrogen-bond acceptors (Lipinski definition) is 3. The maximum Gasteiger partial charge on any atom is 0.334 e. The molecule has 0 aliphatic carbocycles. The highest BCUT2D eigenvalue weighted by Crippen LogP contribution is 2.16. The molecular weight excluding hydrogens is 300 g/mol. The molecule has 1 rings (SSSR count). The van der Waals surface area contributed by atoms with E-state index in [1.165, 1.54) is 7.11 Å². The molecule has 0 aliphatic rings. The van der Waals surface area contributed by atoms with E-state index < -0.39 is 0 Å². The largest absolute Gasteiger partial charge is 0.466 e. The highest BCUT2D eigenvalue weighted by molar-refractivity contribution is 9.10. The zero-order chi connectivity index (χ0) is 12.7. The first-order chi connectivity index (χ1) is 8.17. The predicted molar refractivity (Wildman–Crippen MR) is 77.1 cm³/mol. The van der Waals surface area contributed by atoms with E-state index in [0.29, 0.717) is 11.3 Å². The quantitative estimate of drug-likeness (QED) is 0.611. The van der Waals surface area contributed by atoms with Gasteiger partial charge in [-0.05, 0) is 29.5 Å². The molecule has 0 aliphatic heterocycles. The monoisotopic (exact) mass is 314 g/mol. The Morgan fingerprint density at radius 1 is 1.41 bits per heavy atom. The third-order valence-electron chi connectivity index (χ3n) is 2.12. The number of benzene rings is 1. The zero-order valence-electron chi connectivity index (χ0n) is 9.90. The van der Waals surface area contributed by atoms with Crippen molar-refractivity contribution in [2.45, 2.75) is 6.92 Å². The number of halogens is 1. The van der Waals surface area contributed by atoms with E-state index in [4.69, 9.17) is 4.74 Å². The van der Waals surface area contributed by atoms with Crippen molar-refractivity contribution in [3.8, 4) is 0 Å². The summed E-state index contributed by atoms with van der Waals surface area (Å²) in [4.78, 5) is 11.6. The molecule has 4 heteroatoms. The molecular formula is C13H15BrO2S. The van der Waals surface area contributed by atoms with Crippen LogP contribution in [0.25, 0.3) is 6.08 Å². The fraction of sp³-hybridized carbons (Fsp3) is 0.308. The van der Waals surface area contributed by atoms with Gasteiger partial charge < -0.3 is 4.74 Å². The molecule has 0 heterocycles. The van der Waals surface area contributed by atoms with Crippen molar-refractivity contribution in [2.24, 2.45) is 0 Å². The van der Waals surface area contributed by atoms with Crippen molar-refractivity contribution in [1.82, 2.24) is 0 Å². The molecule has 92 valence electrons. The molecule has 0 fully saturated rings. The number of carbonyl (C=O) groups is 1. The Labute approximate surface area is 115 Å². The van der Waals surface area contributed by atoms with Crippen molar-refractivity contribution in [1.29, 1.82) is 0 Å². The summed E-state index contributed by atoms with van der Waals surface area (Å²) < 4.78 is 5.80.